The number of nitrogens with two attached hydrogens (primary N) is 1. The molecule has 2 aliphatic rings. The van der Waals surface area contributed by atoms with Crippen LogP contribution in [0.1, 0.15) is 51.6 Å². The normalized spacial score (nSPS) is 32.3. The van der Waals surface area contributed by atoms with Crippen molar-refractivity contribution >= 4 is 6.09 Å². The maximum atomic E-state index is 12.6. The van der Waals surface area contributed by atoms with Crippen LogP contribution in [0.3, 0.4) is 0 Å². The number of nitrogens with one attached hydrogen (secondary N) is 1. The third-order valence-electron chi connectivity index (χ3n) is 4.56. The Morgan fingerprint density at radius 2 is 2.29 bits per heavy atom. The van der Waals surface area contributed by atoms with E-state index in [-0.39, 0.29) is 17.7 Å². The van der Waals surface area contributed by atoms with E-state index < -0.39 is 5.60 Å². The van der Waals surface area contributed by atoms with Gasteiger partial charge in [-0.2, -0.15) is 0 Å². The molecule has 1 amide bonds. The highest BCUT2D eigenvalue weighted by atomic mass is 16.6. The van der Waals surface area contributed by atoms with Crippen molar-refractivity contribution in [3.8, 4) is 0 Å². The molecule has 3 N–H and O–H groups in total. The molecule has 3 rings (SSSR count). The van der Waals surface area contributed by atoms with E-state index in [4.69, 9.17) is 10.5 Å². The van der Waals surface area contributed by atoms with Crippen LogP contribution < -0.4 is 5.73 Å². The number of carbonyl (C=O) groups excluding carboxylic acids is 1. The summed E-state index contributed by atoms with van der Waals surface area (Å²) in [5, 5.41) is 0. The third kappa shape index (κ3) is 2.67. The second-order valence-electron chi connectivity index (χ2n) is 7.52. The Balaban J connectivity index is 1.92. The minimum Gasteiger partial charge on any atom is -0.444 e. The number of fused-ring (bicyclic) bond motifs is 2. The van der Waals surface area contributed by atoms with Crippen molar-refractivity contribution < 1.29 is 9.53 Å². The van der Waals surface area contributed by atoms with Crippen LogP contribution >= 0.6 is 0 Å². The number of piperidine rings is 1. The maximum absolute atomic E-state index is 12.6. The molecule has 1 aromatic heterocycles. The van der Waals surface area contributed by atoms with Gasteiger partial charge in [0.05, 0.1) is 6.04 Å². The fourth-order valence-corrected chi connectivity index (χ4v) is 3.83. The summed E-state index contributed by atoms with van der Waals surface area (Å²) in [6.45, 7) is 6.43. The smallest absolute Gasteiger partial charge is 0.410 e. The minimum atomic E-state index is -0.488. The number of hydrogen-bond donors (Lipinski definition) is 2. The summed E-state index contributed by atoms with van der Waals surface area (Å²) in [6, 6.07) is 1.91. The lowest BCUT2D eigenvalue weighted by Gasteiger charge is -2.46. The van der Waals surface area contributed by atoms with Crippen molar-refractivity contribution in [1.82, 2.24) is 9.88 Å². The number of rotatable bonds is 1. The molecule has 3 unspecified atom stereocenters. The molecule has 116 valence electrons. The van der Waals surface area contributed by atoms with Crippen molar-refractivity contribution in [3.63, 3.8) is 0 Å². The van der Waals surface area contributed by atoms with E-state index in [9.17, 15) is 4.79 Å². The van der Waals surface area contributed by atoms with Gasteiger partial charge in [-0.3, -0.25) is 4.90 Å². The summed E-state index contributed by atoms with van der Waals surface area (Å²) in [4.78, 5) is 17.5. The van der Waals surface area contributed by atoms with Crippen LogP contribution in [0, 0.1) is 5.92 Å². The van der Waals surface area contributed by atoms with Gasteiger partial charge < -0.3 is 15.5 Å². The highest BCUT2D eigenvalue weighted by Gasteiger charge is 2.52. The zero-order valence-corrected chi connectivity index (χ0v) is 13.1. The topological polar surface area (TPSA) is 71.3 Å². The van der Waals surface area contributed by atoms with E-state index in [2.05, 4.69) is 4.98 Å². The third-order valence-corrected chi connectivity index (χ3v) is 4.56. The average Bonchev–Trinajstić information content (AvgIpc) is 2.96. The lowest BCUT2D eigenvalue weighted by Crippen LogP contribution is -2.57. The number of carbonyl (C=O) groups is 1. The van der Waals surface area contributed by atoms with Gasteiger partial charge in [0.25, 0.3) is 0 Å². The van der Waals surface area contributed by atoms with Crippen LogP contribution in [0.2, 0.25) is 0 Å². The van der Waals surface area contributed by atoms with Crippen LogP contribution in [0.25, 0.3) is 0 Å². The van der Waals surface area contributed by atoms with Crippen LogP contribution in [-0.2, 0) is 4.74 Å². The first-order chi connectivity index (χ1) is 9.78. The standard InChI is InChI=1S/C16H25N3O2/c1-15(2,3)21-14(20)19-10-11-4-6-16(17,8-11)13(19)12-5-7-18-9-12/h5,7,9,11,13,18H,4,6,8,10,17H2,1-3H3. The van der Waals surface area contributed by atoms with E-state index in [1.54, 1.807) is 0 Å². The Morgan fingerprint density at radius 3 is 2.90 bits per heavy atom. The molecule has 1 aliphatic carbocycles. The molecule has 2 fully saturated rings. The minimum absolute atomic E-state index is 0.0997. The molecule has 0 radical (unpaired) electrons. The summed E-state index contributed by atoms with van der Waals surface area (Å²) in [5.41, 5.74) is 6.92. The van der Waals surface area contributed by atoms with E-state index in [0.717, 1.165) is 31.4 Å². The summed E-state index contributed by atoms with van der Waals surface area (Å²) >= 11 is 0. The quantitative estimate of drug-likeness (QED) is 0.835. The lowest BCUT2D eigenvalue weighted by atomic mass is 9.81. The molecule has 0 aromatic carbocycles. The molecule has 3 atom stereocenters. The molecule has 1 aromatic rings. The molecule has 1 aliphatic heterocycles. The molecule has 5 heteroatoms. The number of aromatic nitrogens is 1. The van der Waals surface area contributed by atoms with E-state index >= 15 is 0 Å². The highest BCUT2D eigenvalue weighted by molar-refractivity contribution is 5.69. The van der Waals surface area contributed by atoms with E-state index in [0.29, 0.717) is 5.92 Å². The Kier molecular flexibility index (Phi) is 3.28. The van der Waals surface area contributed by atoms with Gasteiger partial charge in [-0.1, -0.05) is 0 Å². The Hall–Kier alpha value is -1.49. The second-order valence-corrected chi connectivity index (χ2v) is 7.52. The van der Waals surface area contributed by atoms with Crippen molar-refractivity contribution in [2.24, 2.45) is 11.7 Å². The monoisotopic (exact) mass is 291 g/mol. The largest absolute Gasteiger partial charge is 0.444 e. The number of ether oxygens (including phenoxy) is 1. The first-order valence-electron chi connectivity index (χ1n) is 7.70. The zero-order chi connectivity index (χ0) is 15.3. The first kappa shape index (κ1) is 14.4. The Morgan fingerprint density at radius 1 is 1.52 bits per heavy atom. The number of H-pyrrole nitrogens is 1. The molecule has 0 spiro atoms. The molecular formula is C16H25N3O2. The van der Waals surface area contributed by atoms with Gasteiger partial charge in [0.1, 0.15) is 5.60 Å². The van der Waals surface area contributed by atoms with Crippen LogP contribution in [-0.4, -0.2) is 33.7 Å². The van der Waals surface area contributed by atoms with Gasteiger partial charge in [0, 0.05) is 24.5 Å². The number of hydrogen-bond acceptors (Lipinski definition) is 3. The number of aromatic amines is 1. The molecule has 2 bridgehead atoms. The van der Waals surface area contributed by atoms with Crippen LogP contribution in [0.15, 0.2) is 18.5 Å². The number of amides is 1. The van der Waals surface area contributed by atoms with Gasteiger partial charge in [0.2, 0.25) is 0 Å². The summed E-state index contributed by atoms with van der Waals surface area (Å²) in [6.07, 6.45) is 6.61. The average molecular weight is 291 g/mol. The van der Waals surface area contributed by atoms with Crippen molar-refractivity contribution in [2.45, 2.75) is 57.2 Å². The number of nitrogens with zero attached hydrogens (tertiary/aromatic N) is 1. The van der Waals surface area contributed by atoms with Gasteiger partial charge in [-0.15, -0.1) is 0 Å². The van der Waals surface area contributed by atoms with E-state index in [1.807, 2.05) is 44.1 Å². The van der Waals surface area contributed by atoms with Gasteiger partial charge in [-0.05, 0) is 57.6 Å². The van der Waals surface area contributed by atoms with Crippen molar-refractivity contribution in [2.75, 3.05) is 6.54 Å². The van der Waals surface area contributed by atoms with Gasteiger partial charge in [-0.25, -0.2) is 4.79 Å². The predicted molar refractivity (Wildman–Crippen MR) is 80.7 cm³/mol. The Labute approximate surface area is 125 Å². The molecule has 21 heavy (non-hydrogen) atoms. The molecule has 1 saturated carbocycles. The molecule has 1 saturated heterocycles. The van der Waals surface area contributed by atoms with E-state index in [1.165, 1.54) is 0 Å². The lowest BCUT2D eigenvalue weighted by molar-refractivity contribution is -0.00579. The summed E-state index contributed by atoms with van der Waals surface area (Å²) < 4.78 is 5.60. The van der Waals surface area contributed by atoms with Crippen LogP contribution in [0.4, 0.5) is 4.79 Å². The zero-order valence-electron chi connectivity index (χ0n) is 13.1. The van der Waals surface area contributed by atoms with Crippen molar-refractivity contribution in [1.29, 1.82) is 0 Å². The Bertz CT molecular complexity index is 520. The van der Waals surface area contributed by atoms with Gasteiger partial charge >= 0.3 is 6.09 Å². The highest BCUT2D eigenvalue weighted by Crippen LogP contribution is 2.49. The van der Waals surface area contributed by atoms with Crippen LogP contribution in [0.5, 0.6) is 0 Å². The van der Waals surface area contributed by atoms with Crippen molar-refractivity contribution in [3.05, 3.63) is 24.0 Å². The SMILES string of the molecule is CC(C)(C)OC(=O)N1CC2CCC(N)(C2)C1c1cc[nH]c1. The predicted octanol–water partition coefficient (Wildman–Crippen LogP) is 2.80. The summed E-state index contributed by atoms with van der Waals surface area (Å²) in [7, 11) is 0. The molecule has 5 nitrogen and oxygen atoms in total. The fraction of sp³-hybridized carbons (Fsp3) is 0.688. The maximum Gasteiger partial charge on any atom is 0.410 e. The molecular weight excluding hydrogens is 266 g/mol. The fourth-order valence-electron chi connectivity index (χ4n) is 3.83. The van der Waals surface area contributed by atoms with Gasteiger partial charge in [0.15, 0.2) is 0 Å². The number of likely N-dealkylation sites (tertiary alicyclic amines) is 1. The summed E-state index contributed by atoms with van der Waals surface area (Å²) in [5.74, 6) is 0.498. The first-order valence-corrected chi connectivity index (χ1v) is 7.70. The second kappa shape index (κ2) is 4.77. The molecule has 2 heterocycles.